The Morgan fingerprint density at radius 2 is 1.83 bits per heavy atom. The summed E-state index contributed by atoms with van der Waals surface area (Å²) < 4.78 is 34.4. The van der Waals surface area contributed by atoms with E-state index in [1.165, 1.54) is 4.31 Å². The number of amides is 1. The highest BCUT2D eigenvalue weighted by molar-refractivity contribution is 7.89. The molecule has 2 aromatic heterocycles. The highest BCUT2D eigenvalue weighted by Gasteiger charge is 2.33. The van der Waals surface area contributed by atoms with Gasteiger partial charge in [-0.1, -0.05) is 23.4 Å². The molecule has 0 N–H and O–H groups in total. The molecule has 0 saturated carbocycles. The van der Waals surface area contributed by atoms with Gasteiger partial charge in [0.15, 0.2) is 5.76 Å². The van der Waals surface area contributed by atoms with Crippen LogP contribution in [0.5, 0.6) is 0 Å². The third-order valence-electron chi connectivity index (χ3n) is 5.20. The molecule has 30 heavy (non-hydrogen) atoms. The molecule has 3 aromatic rings. The van der Waals surface area contributed by atoms with E-state index in [-0.39, 0.29) is 23.1 Å². The number of benzene rings is 1. The Morgan fingerprint density at radius 3 is 2.53 bits per heavy atom. The molecule has 1 amide bonds. The SMILES string of the molecule is Cc1noc(C)c1S(=O)(=O)N1CCCN(C(=O)c2cncn2-c2ccccc2)CC1. The monoisotopic (exact) mass is 429 g/mol. The molecule has 1 aliphatic rings. The molecule has 1 aliphatic heterocycles. The van der Waals surface area contributed by atoms with Crippen LogP contribution in [0.4, 0.5) is 0 Å². The van der Waals surface area contributed by atoms with E-state index in [4.69, 9.17) is 4.52 Å². The minimum atomic E-state index is -3.74. The van der Waals surface area contributed by atoms with Gasteiger partial charge in [0.2, 0.25) is 10.0 Å². The first-order chi connectivity index (χ1) is 14.4. The van der Waals surface area contributed by atoms with Gasteiger partial charge in [0.1, 0.15) is 16.3 Å². The molecule has 0 unspecified atom stereocenters. The summed E-state index contributed by atoms with van der Waals surface area (Å²) in [6.07, 6.45) is 3.68. The second-order valence-electron chi connectivity index (χ2n) is 7.19. The van der Waals surface area contributed by atoms with E-state index in [2.05, 4.69) is 10.1 Å². The van der Waals surface area contributed by atoms with E-state index in [1.807, 2.05) is 30.3 Å². The van der Waals surface area contributed by atoms with Gasteiger partial charge in [0.05, 0.1) is 12.5 Å². The Morgan fingerprint density at radius 1 is 1.07 bits per heavy atom. The quantitative estimate of drug-likeness (QED) is 0.629. The van der Waals surface area contributed by atoms with Crippen molar-refractivity contribution >= 4 is 15.9 Å². The second-order valence-corrected chi connectivity index (χ2v) is 9.06. The summed E-state index contributed by atoms with van der Waals surface area (Å²) in [5, 5.41) is 3.76. The minimum Gasteiger partial charge on any atom is -0.360 e. The Kier molecular flexibility index (Phi) is 5.44. The lowest BCUT2D eigenvalue weighted by atomic mass is 10.3. The molecule has 10 heteroatoms. The molecular weight excluding hydrogens is 406 g/mol. The van der Waals surface area contributed by atoms with Crippen LogP contribution >= 0.6 is 0 Å². The number of nitrogens with zero attached hydrogens (tertiary/aromatic N) is 5. The fraction of sp³-hybridized carbons (Fsp3) is 0.350. The highest BCUT2D eigenvalue weighted by Crippen LogP contribution is 2.24. The number of hydrogen-bond acceptors (Lipinski definition) is 6. The average Bonchev–Trinajstić information content (AvgIpc) is 3.26. The van der Waals surface area contributed by atoms with Crippen LogP contribution in [0.2, 0.25) is 0 Å². The van der Waals surface area contributed by atoms with Gasteiger partial charge in [0, 0.05) is 31.9 Å². The van der Waals surface area contributed by atoms with Crippen LogP contribution in [-0.2, 0) is 10.0 Å². The average molecular weight is 430 g/mol. The third kappa shape index (κ3) is 3.63. The maximum absolute atomic E-state index is 13.2. The molecule has 9 nitrogen and oxygen atoms in total. The topological polar surface area (TPSA) is 102 Å². The molecular formula is C20H23N5O4S. The number of sulfonamides is 1. The predicted octanol–water partition coefficient (Wildman–Crippen LogP) is 2.01. The first kappa shape index (κ1) is 20.3. The Hall–Kier alpha value is -2.98. The standard InChI is InChI=1S/C20H23N5O4S/c1-15-19(16(2)29-22-15)30(27,28)24-10-6-9-23(11-12-24)20(26)18-13-21-14-25(18)17-7-4-3-5-8-17/h3-5,7-8,13-14H,6,9-12H2,1-2H3. The molecule has 1 fully saturated rings. The van der Waals surface area contributed by atoms with Crippen LogP contribution in [0, 0.1) is 13.8 Å². The molecule has 4 rings (SSSR count). The van der Waals surface area contributed by atoms with E-state index in [0.29, 0.717) is 37.4 Å². The van der Waals surface area contributed by atoms with Crippen molar-refractivity contribution in [2.24, 2.45) is 0 Å². The Bertz CT molecular complexity index is 1130. The van der Waals surface area contributed by atoms with E-state index >= 15 is 0 Å². The van der Waals surface area contributed by atoms with Crippen LogP contribution in [0.1, 0.15) is 28.4 Å². The normalized spacial score (nSPS) is 15.9. The molecule has 1 aromatic carbocycles. The number of carbonyl (C=O) groups excluding carboxylic acids is 1. The van der Waals surface area contributed by atoms with Gasteiger partial charge in [-0.15, -0.1) is 0 Å². The summed E-state index contributed by atoms with van der Waals surface area (Å²) in [6.45, 7) is 4.49. The Labute approximate surface area is 175 Å². The van der Waals surface area contributed by atoms with Crippen LogP contribution < -0.4 is 0 Å². The number of aromatic nitrogens is 3. The Balaban J connectivity index is 1.53. The smallest absolute Gasteiger partial charge is 0.272 e. The lowest BCUT2D eigenvalue weighted by Gasteiger charge is -2.22. The molecule has 0 radical (unpaired) electrons. The molecule has 1 saturated heterocycles. The van der Waals surface area contributed by atoms with E-state index < -0.39 is 10.0 Å². The lowest BCUT2D eigenvalue weighted by molar-refractivity contribution is 0.0756. The zero-order valence-corrected chi connectivity index (χ0v) is 17.7. The van der Waals surface area contributed by atoms with Crippen molar-refractivity contribution in [1.29, 1.82) is 0 Å². The van der Waals surface area contributed by atoms with Crippen molar-refractivity contribution in [3.8, 4) is 5.69 Å². The summed E-state index contributed by atoms with van der Waals surface area (Å²) in [7, 11) is -3.74. The summed E-state index contributed by atoms with van der Waals surface area (Å²) in [4.78, 5) is 19.1. The van der Waals surface area contributed by atoms with Gasteiger partial charge in [-0.3, -0.25) is 9.36 Å². The van der Waals surface area contributed by atoms with Crippen molar-refractivity contribution in [3.63, 3.8) is 0 Å². The van der Waals surface area contributed by atoms with Gasteiger partial charge in [-0.05, 0) is 32.4 Å². The molecule has 0 spiro atoms. The minimum absolute atomic E-state index is 0.115. The van der Waals surface area contributed by atoms with E-state index in [9.17, 15) is 13.2 Å². The predicted molar refractivity (Wildman–Crippen MR) is 109 cm³/mol. The number of hydrogen-bond donors (Lipinski definition) is 0. The molecule has 0 bridgehead atoms. The summed E-state index contributed by atoms with van der Waals surface area (Å²) in [6, 6.07) is 9.50. The second kappa shape index (κ2) is 8.04. The molecule has 3 heterocycles. The maximum atomic E-state index is 13.2. The molecule has 0 aliphatic carbocycles. The van der Waals surface area contributed by atoms with Crippen LogP contribution in [0.25, 0.3) is 5.69 Å². The van der Waals surface area contributed by atoms with Crippen molar-refractivity contribution in [3.05, 3.63) is 60.0 Å². The fourth-order valence-corrected chi connectivity index (χ4v) is 5.48. The lowest BCUT2D eigenvalue weighted by Crippen LogP contribution is -2.38. The number of rotatable bonds is 4. The third-order valence-corrected chi connectivity index (χ3v) is 7.34. The number of imidazole rings is 1. The van der Waals surface area contributed by atoms with Gasteiger partial charge in [0.25, 0.3) is 5.91 Å². The van der Waals surface area contributed by atoms with Gasteiger partial charge >= 0.3 is 0 Å². The van der Waals surface area contributed by atoms with E-state index in [1.54, 1.807) is 35.8 Å². The number of carbonyl (C=O) groups is 1. The summed E-state index contributed by atoms with van der Waals surface area (Å²) in [5.41, 5.74) is 1.63. The van der Waals surface area contributed by atoms with Gasteiger partial charge in [-0.25, -0.2) is 13.4 Å². The summed E-state index contributed by atoms with van der Waals surface area (Å²) >= 11 is 0. The number of para-hydroxylation sites is 1. The highest BCUT2D eigenvalue weighted by atomic mass is 32.2. The van der Waals surface area contributed by atoms with Crippen molar-refractivity contribution in [1.82, 2.24) is 23.9 Å². The molecule has 0 atom stereocenters. The van der Waals surface area contributed by atoms with E-state index in [0.717, 1.165) is 5.69 Å². The van der Waals surface area contributed by atoms with Crippen LogP contribution in [0.3, 0.4) is 0 Å². The van der Waals surface area contributed by atoms with Gasteiger partial charge < -0.3 is 9.42 Å². The molecule has 158 valence electrons. The maximum Gasteiger partial charge on any atom is 0.272 e. The first-order valence-corrected chi connectivity index (χ1v) is 11.1. The van der Waals surface area contributed by atoms with Crippen molar-refractivity contribution in [2.45, 2.75) is 25.2 Å². The largest absolute Gasteiger partial charge is 0.360 e. The zero-order chi connectivity index (χ0) is 21.3. The van der Waals surface area contributed by atoms with Crippen LogP contribution in [0.15, 0.2) is 52.3 Å². The van der Waals surface area contributed by atoms with Crippen LogP contribution in [-0.4, -0.2) is 64.4 Å². The van der Waals surface area contributed by atoms with Gasteiger partial charge in [-0.2, -0.15) is 4.31 Å². The van der Waals surface area contributed by atoms with Crippen molar-refractivity contribution in [2.75, 3.05) is 26.2 Å². The number of aryl methyl sites for hydroxylation is 2. The first-order valence-electron chi connectivity index (χ1n) is 9.69. The van der Waals surface area contributed by atoms with Crippen molar-refractivity contribution < 1.29 is 17.7 Å². The fourth-order valence-electron chi connectivity index (χ4n) is 3.72. The zero-order valence-electron chi connectivity index (χ0n) is 16.9. The summed E-state index contributed by atoms with van der Waals surface area (Å²) in [5.74, 6) is 0.101.